The Morgan fingerprint density at radius 2 is 1.81 bits per heavy atom. The molecule has 1 N–H and O–H groups in total. The van der Waals surface area contributed by atoms with Crippen molar-refractivity contribution in [2.75, 3.05) is 18.1 Å². The summed E-state index contributed by atoms with van der Waals surface area (Å²) in [7, 11) is 0. The first-order chi connectivity index (χ1) is 15.0. The highest BCUT2D eigenvalue weighted by Gasteiger charge is 2.47. The largest absolute Gasteiger partial charge is 0.379 e. The van der Waals surface area contributed by atoms with Crippen LogP contribution < -0.4 is 10.2 Å². The molecule has 1 saturated heterocycles. The summed E-state index contributed by atoms with van der Waals surface area (Å²) in [6.45, 7) is 5.50. The molecule has 0 aliphatic carbocycles. The Labute approximate surface area is 182 Å². The third-order valence-electron chi connectivity index (χ3n) is 5.64. The SMILES string of the molecule is CC(C)OCCCNC(=O)c1ccc(N2C(=O)C3Cc4ccccc4CN3C2=O)cc1. The van der Waals surface area contributed by atoms with Crippen molar-refractivity contribution in [1.29, 1.82) is 0 Å². The second kappa shape index (κ2) is 8.89. The normalized spacial score (nSPS) is 17.7. The maximum absolute atomic E-state index is 13.0. The molecule has 0 saturated carbocycles. The Bertz CT molecular complexity index is 944. The monoisotopic (exact) mass is 421 g/mol. The van der Waals surface area contributed by atoms with Crippen LogP contribution in [0.5, 0.6) is 0 Å². The summed E-state index contributed by atoms with van der Waals surface area (Å²) in [5.74, 6) is -0.412. The molecule has 31 heavy (non-hydrogen) atoms. The van der Waals surface area contributed by atoms with E-state index in [4.69, 9.17) is 4.74 Å². The molecule has 162 valence electrons. The van der Waals surface area contributed by atoms with Crippen LogP contribution >= 0.6 is 0 Å². The van der Waals surface area contributed by atoms with Crippen LogP contribution in [0.2, 0.25) is 0 Å². The average molecular weight is 421 g/mol. The van der Waals surface area contributed by atoms with Gasteiger partial charge in [-0.15, -0.1) is 0 Å². The summed E-state index contributed by atoms with van der Waals surface area (Å²) in [6.07, 6.45) is 1.44. The molecule has 0 aromatic heterocycles. The molecule has 1 unspecified atom stereocenters. The van der Waals surface area contributed by atoms with Crippen LogP contribution in [0.25, 0.3) is 0 Å². The van der Waals surface area contributed by atoms with E-state index in [1.165, 1.54) is 4.90 Å². The van der Waals surface area contributed by atoms with E-state index in [1.54, 1.807) is 29.2 Å². The van der Waals surface area contributed by atoms with E-state index in [0.717, 1.165) is 17.5 Å². The van der Waals surface area contributed by atoms with Crippen molar-refractivity contribution < 1.29 is 19.1 Å². The van der Waals surface area contributed by atoms with Gasteiger partial charge in [-0.05, 0) is 55.7 Å². The minimum Gasteiger partial charge on any atom is -0.379 e. The van der Waals surface area contributed by atoms with Crippen LogP contribution in [0.3, 0.4) is 0 Å². The number of carbonyl (C=O) groups is 3. The zero-order valence-corrected chi connectivity index (χ0v) is 17.8. The van der Waals surface area contributed by atoms with Crippen LogP contribution in [0.1, 0.15) is 41.8 Å². The van der Waals surface area contributed by atoms with Gasteiger partial charge in [0.25, 0.3) is 11.8 Å². The molecule has 2 aliphatic rings. The van der Waals surface area contributed by atoms with Crippen LogP contribution in [0.15, 0.2) is 48.5 Å². The lowest BCUT2D eigenvalue weighted by Crippen LogP contribution is -2.39. The zero-order chi connectivity index (χ0) is 22.0. The van der Waals surface area contributed by atoms with Crippen LogP contribution in [-0.4, -0.2) is 48.0 Å². The number of imide groups is 1. The highest BCUT2D eigenvalue weighted by Crippen LogP contribution is 2.32. The fourth-order valence-corrected chi connectivity index (χ4v) is 4.01. The number of rotatable bonds is 7. The summed E-state index contributed by atoms with van der Waals surface area (Å²) in [5.41, 5.74) is 3.15. The second-order valence-electron chi connectivity index (χ2n) is 8.15. The average Bonchev–Trinajstić information content (AvgIpc) is 3.01. The predicted molar refractivity (Wildman–Crippen MR) is 117 cm³/mol. The summed E-state index contributed by atoms with van der Waals surface area (Å²) in [6, 6.07) is 13.7. The number of nitrogens with zero attached hydrogens (tertiary/aromatic N) is 2. The topological polar surface area (TPSA) is 79.0 Å². The Morgan fingerprint density at radius 1 is 1.10 bits per heavy atom. The lowest BCUT2D eigenvalue weighted by Gasteiger charge is -2.28. The van der Waals surface area contributed by atoms with Gasteiger partial charge in [-0.25, -0.2) is 9.69 Å². The molecule has 2 aliphatic heterocycles. The van der Waals surface area contributed by atoms with Crippen molar-refractivity contribution in [3.63, 3.8) is 0 Å². The number of anilines is 1. The Kier molecular flexibility index (Phi) is 6.04. The Hall–Kier alpha value is -3.19. The summed E-state index contributed by atoms with van der Waals surface area (Å²) < 4.78 is 5.46. The third kappa shape index (κ3) is 4.32. The maximum atomic E-state index is 13.0. The Balaban J connectivity index is 1.40. The fraction of sp³-hybridized carbons (Fsp3) is 0.375. The van der Waals surface area contributed by atoms with Gasteiger partial charge in [-0.1, -0.05) is 24.3 Å². The number of benzene rings is 2. The zero-order valence-electron chi connectivity index (χ0n) is 17.8. The first-order valence-electron chi connectivity index (χ1n) is 10.7. The van der Waals surface area contributed by atoms with Gasteiger partial charge >= 0.3 is 6.03 Å². The highest BCUT2D eigenvalue weighted by atomic mass is 16.5. The van der Waals surface area contributed by atoms with Crippen LogP contribution in [0, 0.1) is 0 Å². The molecular formula is C24H27N3O4. The van der Waals surface area contributed by atoms with Gasteiger partial charge in [-0.3, -0.25) is 9.59 Å². The minimum atomic E-state index is -0.474. The van der Waals surface area contributed by atoms with Gasteiger partial charge in [0.2, 0.25) is 0 Å². The predicted octanol–water partition coefficient (Wildman–Crippen LogP) is 3.13. The number of urea groups is 1. The number of nitrogens with one attached hydrogen (secondary N) is 1. The van der Waals surface area contributed by atoms with E-state index in [2.05, 4.69) is 5.32 Å². The lowest BCUT2D eigenvalue weighted by atomic mass is 9.95. The second-order valence-corrected chi connectivity index (χ2v) is 8.15. The first-order valence-corrected chi connectivity index (χ1v) is 10.7. The van der Waals surface area contributed by atoms with Gasteiger partial charge in [0, 0.05) is 31.7 Å². The first kappa shape index (κ1) is 21.1. The van der Waals surface area contributed by atoms with Crippen molar-refractivity contribution in [2.24, 2.45) is 0 Å². The summed E-state index contributed by atoms with van der Waals surface area (Å²) in [5, 5.41) is 2.86. The summed E-state index contributed by atoms with van der Waals surface area (Å²) in [4.78, 5) is 41.2. The summed E-state index contributed by atoms with van der Waals surface area (Å²) >= 11 is 0. The van der Waals surface area contributed by atoms with Gasteiger partial charge < -0.3 is 15.0 Å². The third-order valence-corrected chi connectivity index (χ3v) is 5.64. The van der Waals surface area contributed by atoms with Gasteiger partial charge in [0.1, 0.15) is 6.04 Å². The molecule has 2 aromatic rings. The molecule has 0 radical (unpaired) electrons. The molecule has 7 heteroatoms. The number of amides is 4. The molecule has 0 spiro atoms. The van der Waals surface area contributed by atoms with Crippen LogP contribution in [0.4, 0.5) is 10.5 Å². The smallest absolute Gasteiger partial charge is 0.332 e. The van der Waals surface area contributed by atoms with E-state index >= 15 is 0 Å². The van der Waals surface area contributed by atoms with Crippen molar-refractivity contribution in [3.8, 4) is 0 Å². The van der Waals surface area contributed by atoms with E-state index < -0.39 is 6.04 Å². The fourth-order valence-electron chi connectivity index (χ4n) is 4.01. The maximum Gasteiger partial charge on any atom is 0.332 e. The molecule has 2 aromatic carbocycles. The van der Waals surface area contributed by atoms with Gasteiger partial charge in [0.15, 0.2) is 0 Å². The number of hydrogen-bond donors (Lipinski definition) is 1. The number of ether oxygens (including phenoxy) is 1. The molecule has 4 amide bonds. The van der Waals surface area contributed by atoms with Crippen LogP contribution in [-0.2, 0) is 22.5 Å². The molecule has 7 nitrogen and oxygen atoms in total. The van der Waals surface area contributed by atoms with Gasteiger partial charge in [-0.2, -0.15) is 0 Å². The molecular weight excluding hydrogens is 394 g/mol. The molecule has 1 fully saturated rings. The van der Waals surface area contributed by atoms with Crippen molar-refractivity contribution in [2.45, 2.75) is 45.4 Å². The van der Waals surface area contributed by atoms with E-state index in [9.17, 15) is 14.4 Å². The van der Waals surface area contributed by atoms with E-state index in [-0.39, 0.29) is 23.9 Å². The van der Waals surface area contributed by atoms with Gasteiger partial charge in [0.05, 0.1) is 11.8 Å². The van der Waals surface area contributed by atoms with Crippen molar-refractivity contribution >= 4 is 23.5 Å². The van der Waals surface area contributed by atoms with E-state index in [0.29, 0.717) is 37.4 Å². The highest BCUT2D eigenvalue weighted by molar-refractivity contribution is 6.21. The lowest BCUT2D eigenvalue weighted by molar-refractivity contribution is -0.120. The molecule has 4 rings (SSSR count). The Morgan fingerprint density at radius 3 is 2.52 bits per heavy atom. The van der Waals surface area contributed by atoms with Crippen molar-refractivity contribution in [1.82, 2.24) is 10.2 Å². The van der Waals surface area contributed by atoms with Crippen molar-refractivity contribution in [3.05, 3.63) is 65.2 Å². The standard InChI is InChI=1S/C24H27N3O4/c1-16(2)31-13-5-12-25-22(28)17-8-10-20(11-9-17)27-23(29)21-14-18-6-3-4-7-19(18)15-26(21)24(27)30/h3-4,6-11,16,21H,5,12-15H2,1-2H3,(H,25,28). The number of fused-ring (bicyclic) bond motifs is 2. The molecule has 0 bridgehead atoms. The van der Waals surface area contributed by atoms with E-state index in [1.807, 2.05) is 38.1 Å². The quantitative estimate of drug-likeness (QED) is 0.550. The number of hydrogen-bond acceptors (Lipinski definition) is 4. The molecule has 2 heterocycles. The molecule has 1 atom stereocenters. The number of carbonyl (C=O) groups excluding carboxylic acids is 3. The minimum absolute atomic E-state index is 0.175.